The number of nitrogens with two attached hydrogens (primary N) is 1. The standard InChI is InChI=1S/C29H33F4N5O3/c30-21-8-11-25(24(14-21)29(31,32)33)37-23-9-6-19(7-10-23)16-36-27(40)28(12-13-41-18-28)38-26(39)20(15-34)17-35-22-4-2-1-3-5-22/h6-11,14-15,17,22,37H,1-5,12-13,16,18,34H2,(H,36,40)(H,38,39)/t28-/m0/s1. The first-order chi connectivity index (χ1) is 19.6. The molecule has 4 rings (SSSR count). The Morgan fingerprint density at radius 2 is 1.83 bits per heavy atom. The van der Waals surface area contributed by atoms with Gasteiger partial charge in [-0.05, 0) is 48.7 Å². The van der Waals surface area contributed by atoms with E-state index in [9.17, 15) is 27.2 Å². The number of hydrogen-bond donors (Lipinski definition) is 4. The van der Waals surface area contributed by atoms with Crippen LogP contribution >= 0.6 is 0 Å². The van der Waals surface area contributed by atoms with E-state index in [1.807, 2.05) is 0 Å². The maximum absolute atomic E-state index is 13.4. The Kier molecular flexibility index (Phi) is 9.64. The van der Waals surface area contributed by atoms with E-state index in [0.29, 0.717) is 17.3 Å². The van der Waals surface area contributed by atoms with Crippen LogP contribution in [0.1, 0.15) is 49.7 Å². The average molecular weight is 576 g/mol. The van der Waals surface area contributed by atoms with Crippen molar-refractivity contribution in [2.24, 2.45) is 10.7 Å². The summed E-state index contributed by atoms with van der Waals surface area (Å²) in [6, 6.07) is 8.91. The summed E-state index contributed by atoms with van der Waals surface area (Å²) in [6.07, 6.45) is 3.49. The van der Waals surface area contributed by atoms with Crippen molar-refractivity contribution < 1.29 is 31.9 Å². The van der Waals surface area contributed by atoms with Gasteiger partial charge in [-0.25, -0.2) is 4.39 Å². The number of hydrogen-bond acceptors (Lipinski definition) is 6. The third kappa shape index (κ3) is 7.84. The number of carbonyl (C=O) groups excluding carboxylic acids is 2. The van der Waals surface area contributed by atoms with Crippen LogP contribution < -0.4 is 21.7 Å². The molecule has 0 aromatic heterocycles. The molecule has 1 aliphatic heterocycles. The average Bonchev–Trinajstić information content (AvgIpc) is 3.43. The Balaban J connectivity index is 1.36. The van der Waals surface area contributed by atoms with Gasteiger partial charge in [-0.1, -0.05) is 31.4 Å². The molecule has 1 saturated heterocycles. The predicted octanol–water partition coefficient (Wildman–Crippen LogP) is 4.73. The molecule has 1 saturated carbocycles. The summed E-state index contributed by atoms with van der Waals surface area (Å²) < 4.78 is 58.7. The Labute approximate surface area is 235 Å². The van der Waals surface area contributed by atoms with Crippen molar-refractivity contribution in [1.29, 1.82) is 0 Å². The topological polar surface area (TPSA) is 118 Å². The fourth-order valence-electron chi connectivity index (χ4n) is 4.86. The molecule has 2 fully saturated rings. The number of carbonyl (C=O) groups is 2. The highest BCUT2D eigenvalue weighted by atomic mass is 19.4. The van der Waals surface area contributed by atoms with E-state index in [2.05, 4.69) is 20.9 Å². The molecule has 41 heavy (non-hydrogen) atoms. The van der Waals surface area contributed by atoms with Crippen molar-refractivity contribution in [3.63, 3.8) is 0 Å². The smallest absolute Gasteiger partial charge is 0.404 e. The van der Waals surface area contributed by atoms with Gasteiger partial charge in [0.25, 0.3) is 5.91 Å². The van der Waals surface area contributed by atoms with E-state index in [4.69, 9.17) is 10.5 Å². The Bertz CT molecular complexity index is 1280. The van der Waals surface area contributed by atoms with Crippen molar-refractivity contribution in [3.05, 3.63) is 71.2 Å². The monoisotopic (exact) mass is 575 g/mol. The molecule has 2 amide bonds. The number of anilines is 2. The van der Waals surface area contributed by atoms with Crippen LogP contribution in [-0.4, -0.2) is 42.8 Å². The van der Waals surface area contributed by atoms with Gasteiger partial charge >= 0.3 is 6.18 Å². The van der Waals surface area contributed by atoms with Crippen molar-refractivity contribution >= 4 is 29.4 Å². The van der Waals surface area contributed by atoms with Crippen molar-refractivity contribution in [2.45, 2.75) is 62.8 Å². The molecular formula is C29H33F4N5O3. The van der Waals surface area contributed by atoms with Gasteiger partial charge in [0, 0.05) is 43.7 Å². The quantitative estimate of drug-likeness (QED) is 0.196. The SMILES string of the molecule is NC=C(C=NC1CCCCC1)C(=O)N[C@@]1(C(=O)NCc2ccc(Nc3ccc(F)cc3C(F)(F)F)cc2)CCOC1. The van der Waals surface area contributed by atoms with Gasteiger partial charge in [0.2, 0.25) is 5.91 Å². The number of nitrogens with zero attached hydrogens (tertiary/aromatic N) is 1. The van der Waals surface area contributed by atoms with Gasteiger partial charge in [-0.2, -0.15) is 13.2 Å². The lowest BCUT2D eigenvalue weighted by Crippen LogP contribution is -2.59. The highest BCUT2D eigenvalue weighted by molar-refractivity contribution is 6.13. The van der Waals surface area contributed by atoms with Crippen LogP contribution in [-0.2, 0) is 27.0 Å². The number of ether oxygens (including phenoxy) is 1. The summed E-state index contributed by atoms with van der Waals surface area (Å²) in [5.74, 6) is -1.95. The molecule has 2 aromatic rings. The number of aliphatic imine (C=N–C) groups is 1. The number of rotatable bonds is 9. The number of alkyl halides is 3. The zero-order valence-corrected chi connectivity index (χ0v) is 22.4. The Morgan fingerprint density at radius 1 is 1.10 bits per heavy atom. The molecule has 2 aromatic carbocycles. The van der Waals surface area contributed by atoms with Gasteiger partial charge in [-0.3, -0.25) is 14.6 Å². The van der Waals surface area contributed by atoms with Crippen LogP contribution in [0, 0.1) is 5.82 Å². The highest BCUT2D eigenvalue weighted by Gasteiger charge is 2.44. The molecule has 12 heteroatoms. The zero-order chi connectivity index (χ0) is 29.5. The Morgan fingerprint density at radius 3 is 2.46 bits per heavy atom. The molecule has 0 radical (unpaired) electrons. The summed E-state index contributed by atoms with van der Waals surface area (Å²) in [4.78, 5) is 30.7. The zero-order valence-electron chi connectivity index (χ0n) is 22.4. The van der Waals surface area contributed by atoms with Crippen molar-refractivity contribution in [3.8, 4) is 0 Å². The maximum Gasteiger partial charge on any atom is 0.418 e. The molecule has 0 unspecified atom stereocenters. The summed E-state index contributed by atoms with van der Waals surface area (Å²) in [7, 11) is 0. The lowest BCUT2D eigenvalue weighted by Gasteiger charge is -2.27. The molecule has 220 valence electrons. The second-order valence-corrected chi connectivity index (χ2v) is 10.2. The first kappa shape index (κ1) is 30.0. The minimum Gasteiger partial charge on any atom is -0.404 e. The lowest BCUT2D eigenvalue weighted by atomic mass is 9.95. The fraction of sp³-hybridized carbons (Fsp3) is 0.414. The second kappa shape index (κ2) is 13.2. The second-order valence-electron chi connectivity index (χ2n) is 10.2. The van der Waals surface area contributed by atoms with Crippen LogP contribution in [0.25, 0.3) is 0 Å². The number of nitrogens with one attached hydrogen (secondary N) is 3. The molecular weight excluding hydrogens is 542 g/mol. The summed E-state index contributed by atoms with van der Waals surface area (Å²) in [6.45, 7) is 0.378. The molecule has 1 heterocycles. The third-order valence-corrected chi connectivity index (χ3v) is 7.22. The van der Waals surface area contributed by atoms with E-state index in [-0.39, 0.29) is 43.5 Å². The summed E-state index contributed by atoms with van der Waals surface area (Å²) in [5, 5.41) is 8.24. The lowest BCUT2D eigenvalue weighted by molar-refractivity contribution is -0.137. The molecule has 5 N–H and O–H groups in total. The van der Waals surface area contributed by atoms with Crippen LogP contribution in [0.5, 0.6) is 0 Å². The number of benzene rings is 2. The van der Waals surface area contributed by atoms with E-state index < -0.39 is 34.9 Å². The van der Waals surface area contributed by atoms with Crippen LogP contribution in [0.2, 0.25) is 0 Å². The van der Waals surface area contributed by atoms with Gasteiger partial charge in [0.05, 0.1) is 23.4 Å². The molecule has 1 atom stereocenters. The third-order valence-electron chi connectivity index (χ3n) is 7.22. The van der Waals surface area contributed by atoms with E-state index in [1.54, 1.807) is 24.3 Å². The maximum atomic E-state index is 13.4. The van der Waals surface area contributed by atoms with Gasteiger partial charge < -0.3 is 26.4 Å². The normalized spacial score (nSPS) is 20.2. The van der Waals surface area contributed by atoms with Crippen LogP contribution in [0.4, 0.5) is 28.9 Å². The molecule has 2 aliphatic rings. The first-order valence-electron chi connectivity index (χ1n) is 13.5. The number of amides is 2. The molecule has 8 nitrogen and oxygen atoms in total. The van der Waals surface area contributed by atoms with E-state index in [1.165, 1.54) is 18.8 Å². The largest absolute Gasteiger partial charge is 0.418 e. The summed E-state index contributed by atoms with van der Waals surface area (Å²) >= 11 is 0. The minimum absolute atomic E-state index is 0.00966. The highest BCUT2D eigenvalue weighted by Crippen LogP contribution is 2.36. The van der Waals surface area contributed by atoms with E-state index >= 15 is 0 Å². The minimum atomic E-state index is -4.73. The van der Waals surface area contributed by atoms with Crippen LogP contribution in [0.3, 0.4) is 0 Å². The Hall–Kier alpha value is -3.93. The molecule has 1 aliphatic carbocycles. The van der Waals surface area contributed by atoms with Gasteiger partial charge in [-0.15, -0.1) is 0 Å². The first-order valence-corrected chi connectivity index (χ1v) is 13.5. The fourth-order valence-corrected chi connectivity index (χ4v) is 4.86. The predicted molar refractivity (Wildman–Crippen MR) is 147 cm³/mol. The van der Waals surface area contributed by atoms with Gasteiger partial charge in [0.1, 0.15) is 11.4 Å². The number of halogens is 4. The van der Waals surface area contributed by atoms with Gasteiger partial charge in [0.15, 0.2) is 0 Å². The summed E-state index contributed by atoms with van der Waals surface area (Å²) in [5.41, 5.74) is 4.18. The molecule has 0 bridgehead atoms. The van der Waals surface area contributed by atoms with Crippen LogP contribution in [0.15, 0.2) is 59.2 Å². The molecule has 0 spiro atoms. The van der Waals surface area contributed by atoms with Crippen molar-refractivity contribution in [1.82, 2.24) is 10.6 Å². The van der Waals surface area contributed by atoms with E-state index in [0.717, 1.165) is 37.8 Å². The van der Waals surface area contributed by atoms with Crippen molar-refractivity contribution in [2.75, 3.05) is 18.5 Å².